The molecule has 0 unspecified atom stereocenters. The molecule has 1 aromatic heterocycles. The minimum absolute atomic E-state index is 0.0278. The Morgan fingerprint density at radius 1 is 0.854 bits per heavy atom. The molecule has 4 N–H and O–H groups in total. The predicted octanol–water partition coefficient (Wildman–Crippen LogP) is 5.89. The third-order valence-corrected chi connectivity index (χ3v) is 9.39. The molecule has 0 radical (unpaired) electrons. The number of nitrogens with one attached hydrogen (secondary N) is 2. The van der Waals surface area contributed by atoms with Gasteiger partial charge in [-0.25, -0.2) is 5.48 Å². The van der Waals surface area contributed by atoms with Crippen LogP contribution in [-0.4, -0.2) is 34.0 Å². The van der Waals surface area contributed by atoms with Gasteiger partial charge in [0.25, 0.3) is 5.03 Å². The van der Waals surface area contributed by atoms with Gasteiger partial charge >= 0.3 is 0 Å². The number of amides is 2. The van der Waals surface area contributed by atoms with E-state index in [0.717, 1.165) is 44.5 Å². The third kappa shape index (κ3) is 9.88. The van der Waals surface area contributed by atoms with Crippen molar-refractivity contribution < 1.29 is 34.1 Å². The van der Waals surface area contributed by atoms with Gasteiger partial charge in [-0.3, -0.25) is 14.8 Å². The molecule has 0 spiro atoms. The van der Waals surface area contributed by atoms with Crippen molar-refractivity contribution in [3.63, 3.8) is 0 Å². The quantitative estimate of drug-likeness (QED) is 0.0306. The van der Waals surface area contributed by atoms with E-state index in [9.17, 15) is 19.9 Å². The molecule has 48 heavy (non-hydrogen) atoms. The summed E-state index contributed by atoms with van der Waals surface area (Å²) in [6.07, 6.45) is 3.68. The molecule has 5 rings (SSSR count). The maximum Gasteiger partial charge on any atom is 0.251 e. The van der Waals surface area contributed by atoms with Crippen molar-refractivity contribution >= 4 is 23.6 Å². The first kappa shape index (κ1) is 35.1. The lowest BCUT2D eigenvalue weighted by molar-refractivity contribution is -0.645. The fraction of sp³-hybridized carbons (Fsp3) is 0.324. The number of pyridine rings is 1. The van der Waals surface area contributed by atoms with Crippen LogP contribution in [0.4, 0.5) is 0 Å². The zero-order valence-corrected chi connectivity index (χ0v) is 27.4. The lowest BCUT2D eigenvalue weighted by Crippen LogP contribution is -2.32. The Morgan fingerprint density at radius 3 is 2.29 bits per heavy atom. The van der Waals surface area contributed by atoms with Gasteiger partial charge in [0.2, 0.25) is 11.8 Å². The standard InChI is InChI=1S/C37H41N3O7S/c41-24-26-13-15-28(16-14-26)33-22-31(25-48-36-12-6-7-21-40(36)45)46-37(47-33)29-19-17-27(18-20-29)32-9-5-4-8-30(32)23-38-34(42)10-2-1-3-11-35(43)39-44/h4-9,12-21,31,33,37,41,44H,1-3,10-11,22-25H2,(H,38,42)(H,39,43)/t31-,33+,37+/m1/s1. The van der Waals surface area contributed by atoms with E-state index in [2.05, 4.69) is 5.32 Å². The van der Waals surface area contributed by atoms with E-state index in [1.807, 2.05) is 78.9 Å². The number of hydrogen-bond acceptors (Lipinski definition) is 8. The number of unbranched alkanes of at least 4 members (excludes halogenated alkanes) is 2. The van der Waals surface area contributed by atoms with E-state index in [0.29, 0.717) is 43.0 Å². The molecule has 2 heterocycles. The van der Waals surface area contributed by atoms with Crippen molar-refractivity contribution in [1.29, 1.82) is 0 Å². The topological polar surface area (TPSA) is 144 Å². The number of rotatable bonds is 15. The molecule has 0 aliphatic carbocycles. The van der Waals surface area contributed by atoms with Crippen molar-refractivity contribution in [2.75, 3.05) is 5.75 Å². The van der Waals surface area contributed by atoms with Crippen LogP contribution in [0.1, 0.15) is 73.2 Å². The molecule has 11 heteroatoms. The summed E-state index contributed by atoms with van der Waals surface area (Å²) < 4.78 is 13.8. The minimum Gasteiger partial charge on any atom is -0.618 e. The normalized spacial score (nSPS) is 17.5. The zero-order chi connectivity index (χ0) is 33.7. The highest BCUT2D eigenvalue weighted by molar-refractivity contribution is 7.99. The third-order valence-electron chi connectivity index (χ3n) is 8.24. The van der Waals surface area contributed by atoms with Gasteiger partial charge in [0.15, 0.2) is 12.5 Å². The lowest BCUT2D eigenvalue weighted by Gasteiger charge is -2.36. The molecular weight excluding hydrogens is 630 g/mol. The molecule has 252 valence electrons. The van der Waals surface area contributed by atoms with Crippen LogP contribution in [-0.2, 0) is 32.2 Å². The van der Waals surface area contributed by atoms with Gasteiger partial charge in [-0.1, -0.05) is 91.0 Å². The molecule has 1 aliphatic heterocycles. The van der Waals surface area contributed by atoms with E-state index in [4.69, 9.17) is 14.7 Å². The maximum atomic E-state index is 12.5. The van der Waals surface area contributed by atoms with E-state index >= 15 is 0 Å². The number of benzene rings is 3. The summed E-state index contributed by atoms with van der Waals surface area (Å²) in [6.45, 7) is 0.360. The fourth-order valence-electron chi connectivity index (χ4n) is 5.59. The number of hydroxylamine groups is 1. The SMILES string of the molecule is O=C(CCCCCC(=O)NCc1ccccc1-c1ccc([C@H]2O[C@@H](CSc3cccc[n+]3[O-])C[C@@H](c3ccc(CO)cc3)O2)cc1)NO. The lowest BCUT2D eigenvalue weighted by atomic mass is 9.97. The molecule has 4 aromatic rings. The number of aliphatic hydroxyl groups excluding tert-OH is 1. The Morgan fingerprint density at radius 2 is 1.56 bits per heavy atom. The largest absolute Gasteiger partial charge is 0.618 e. The molecule has 2 amide bonds. The molecule has 1 aliphatic rings. The predicted molar refractivity (Wildman–Crippen MR) is 181 cm³/mol. The Labute approximate surface area is 284 Å². The monoisotopic (exact) mass is 671 g/mol. The summed E-state index contributed by atoms with van der Waals surface area (Å²) in [5, 5.41) is 33.9. The summed E-state index contributed by atoms with van der Waals surface area (Å²) in [5.74, 6) is 0.109. The maximum absolute atomic E-state index is 12.5. The fourth-order valence-corrected chi connectivity index (χ4v) is 6.52. The second-order valence-electron chi connectivity index (χ2n) is 11.7. The Balaban J connectivity index is 1.24. The number of ether oxygens (including phenoxy) is 2. The first-order valence-corrected chi connectivity index (χ1v) is 17.1. The summed E-state index contributed by atoms with van der Waals surface area (Å²) in [4.78, 5) is 23.6. The number of carbonyl (C=O) groups is 2. The van der Waals surface area contributed by atoms with E-state index in [1.165, 1.54) is 18.0 Å². The zero-order valence-electron chi connectivity index (χ0n) is 26.6. The summed E-state index contributed by atoms with van der Waals surface area (Å²) in [6, 6.07) is 29.1. The first-order chi connectivity index (χ1) is 23.4. The van der Waals surface area contributed by atoms with Gasteiger partial charge in [0.1, 0.15) is 0 Å². The number of nitrogens with zero attached hydrogens (tertiary/aromatic N) is 1. The van der Waals surface area contributed by atoms with Crippen LogP contribution in [0.2, 0.25) is 0 Å². The highest BCUT2D eigenvalue weighted by atomic mass is 32.2. The van der Waals surface area contributed by atoms with Crippen molar-refractivity contribution in [2.24, 2.45) is 0 Å². The van der Waals surface area contributed by atoms with Crippen LogP contribution in [0.15, 0.2) is 102 Å². The van der Waals surface area contributed by atoms with Crippen molar-refractivity contribution in [1.82, 2.24) is 10.8 Å². The van der Waals surface area contributed by atoms with Gasteiger partial charge < -0.3 is 25.1 Å². The first-order valence-electron chi connectivity index (χ1n) is 16.1. The van der Waals surface area contributed by atoms with Gasteiger partial charge in [0.05, 0.1) is 18.8 Å². The van der Waals surface area contributed by atoms with Crippen LogP contribution in [0.3, 0.4) is 0 Å². The molecule has 10 nitrogen and oxygen atoms in total. The molecular formula is C37H41N3O7S. The van der Waals surface area contributed by atoms with Gasteiger partial charge in [-0.2, -0.15) is 4.73 Å². The van der Waals surface area contributed by atoms with E-state index < -0.39 is 12.2 Å². The average Bonchev–Trinajstić information content (AvgIpc) is 3.13. The molecule has 0 saturated carbocycles. The summed E-state index contributed by atoms with van der Waals surface area (Å²) in [7, 11) is 0. The van der Waals surface area contributed by atoms with Crippen LogP contribution in [0.25, 0.3) is 11.1 Å². The second-order valence-corrected chi connectivity index (χ2v) is 12.7. The molecule has 1 fully saturated rings. The average molecular weight is 672 g/mol. The Hall–Kier alpha value is -4.26. The number of aromatic nitrogens is 1. The van der Waals surface area contributed by atoms with Crippen molar-refractivity contribution in [3.05, 3.63) is 125 Å². The summed E-state index contributed by atoms with van der Waals surface area (Å²) >= 11 is 1.45. The van der Waals surface area contributed by atoms with Crippen molar-refractivity contribution in [2.45, 2.75) is 75.2 Å². The summed E-state index contributed by atoms with van der Waals surface area (Å²) in [5.41, 5.74) is 7.30. The molecule has 3 aromatic carbocycles. The van der Waals surface area contributed by atoms with Crippen molar-refractivity contribution in [3.8, 4) is 11.1 Å². The van der Waals surface area contributed by atoms with Crippen LogP contribution >= 0.6 is 11.8 Å². The van der Waals surface area contributed by atoms with Gasteiger partial charge in [-0.05, 0) is 46.7 Å². The molecule has 1 saturated heterocycles. The molecule has 3 atom stereocenters. The van der Waals surface area contributed by atoms with Crippen LogP contribution in [0.5, 0.6) is 0 Å². The van der Waals surface area contributed by atoms with E-state index in [-0.39, 0.29) is 31.1 Å². The minimum atomic E-state index is -0.622. The van der Waals surface area contributed by atoms with E-state index in [1.54, 1.807) is 17.6 Å². The molecule has 0 bridgehead atoms. The number of thioether (sulfide) groups is 1. The van der Waals surface area contributed by atoms with Crippen LogP contribution in [0, 0.1) is 5.21 Å². The number of hydrogen-bond donors (Lipinski definition) is 4. The van der Waals surface area contributed by atoms with Gasteiger partial charge in [-0.15, -0.1) is 0 Å². The highest BCUT2D eigenvalue weighted by Gasteiger charge is 2.32. The Kier molecular flexibility index (Phi) is 13.0. The highest BCUT2D eigenvalue weighted by Crippen LogP contribution is 2.39. The van der Waals surface area contributed by atoms with Gasteiger partial charge in [0, 0.05) is 49.3 Å². The smallest absolute Gasteiger partial charge is 0.251 e. The number of carbonyl (C=O) groups excluding carboxylic acids is 2. The Bertz CT molecular complexity index is 1640. The van der Waals surface area contributed by atoms with Crippen LogP contribution < -0.4 is 15.5 Å². The second kappa shape index (κ2) is 17.8. The number of aliphatic hydroxyl groups is 1.